The second-order valence-corrected chi connectivity index (χ2v) is 4.45. The lowest BCUT2D eigenvalue weighted by molar-refractivity contribution is 0.186. The van der Waals surface area contributed by atoms with Gasteiger partial charge in [-0.05, 0) is 47.8 Å². The Morgan fingerprint density at radius 1 is 1.47 bits per heavy atom. The second-order valence-electron chi connectivity index (χ2n) is 4.45. The van der Waals surface area contributed by atoms with Crippen molar-refractivity contribution in [1.82, 2.24) is 0 Å². The van der Waals surface area contributed by atoms with Crippen LogP contribution in [0.4, 0.5) is 0 Å². The molecule has 1 atom stereocenters. The van der Waals surface area contributed by atoms with Crippen LogP contribution in [0.25, 0.3) is 0 Å². The molecule has 0 amide bonds. The fourth-order valence-electron chi connectivity index (χ4n) is 2.90. The zero-order valence-electron chi connectivity index (χ0n) is 8.99. The molecule has 2 aliphatic rings. The van der Waals surface area contributed by atoms with Crippen LogP contribution in [0.15, 0.2) is 12.1 Å². The Kier molecular flexibility index (Phi) is 2.11. The minimum atomic E-state index is -0.682. The van der Waals surface area contributed by atoms with Gasteiger partial charge in [0, 0.05) is 0 Å². The molecule has 0 radical (unpaired) electrons. The lowest BCUT2D eigenvalue weighted by Crippen LogP contribution is -2.31. The van der Waals surface area contributed by atoms with Crippen molar-refractivity contribution in [3.8, 4) is 0 Å². The third-order valence-corrected chi connectivity index (χ3v) is 3.62. The van der Waals surface area contributed by atoms with Gasteiger partial charge < -0.3 is 9.68 Å². The summed E-state index contributed by atoms with van der Waals surface area (Å²) >= 11 is 0. The van der Waals surface area contributed by atoms with Crippen LogP contribution in [-0.2, 0) is 17.5 Å². The highest BCUT2D eigenvalue weighted by Gasteiger charge is 2.37. The summed E-state index contributed by atoms with van der Waals surface area (Å²) in [5, 5.41) is 9.92. The summed E-state index contributed by atoms with van der Waals surface area (Å²) in [6, 6.07) is 4.36. The van der Waals surface area contributed by atoms with Gasteiger partial charge in [-0.2, -0.15) is 0 Å². The molecule has 1 aliphatic heterocycles. The van der Waals surface area contributed by atoms with E-state index >= 15 is 0 Å². The third-order valence-electron chi connectivity index (χ3n) is 3.62. The number of aryl methyl sites for hydroxylation is 1. The van der Waals surface area contributed by atoms with Crippen LogP contribution in [0.3, 0.4) is 0 Å². The summed E-state index contributed by atoms with van der Waals surface area (Å²) < 4.78 is 5.56. The van der Waals surface area contributed by atoms with Crippen LogP contribution in [-0.4, -0.2) is 12.1 Å². The smallest absolute Gasteiger partial charge is 0.423 e. The van der Waals surface area contributed by atoms with Gasteiger partial charge in [0.15, 0.2) is 0 Å². The van der Waals surface area contributed by atoms with Gasteiger partial charge in [-0.15, -0.1) is 0 Å². The molecule has 15 heavy (non-hydrogen) atoms. The summed E-state index contributed by atoms with van der Waals surface area (Å²) in [6.45, 7) is 2.10. The molecule has 78 valence electrons. The van der Waals surface area contributed by atoms with Crippen LogP contribution in [0, 0.1) is 0 Å². The van der Waals surface area contributed by atoms with Crippen LogP contribution in [0.2, 0.25) is 0 Å². The standard InChI is InChI=1S/C12H15BO2/c1-2-11-10-7-6-8-4-3-5-9(8)12(10)13(14)15-11/h6-7,11,14H,2-5H2,1H3/t11-/m0/s1. The van der Waals surface area contributed by atoms with Gasteiger partial charge in [0.2, 0.25) is 0 Å². The van der Waals surface area contributed by atoms with Crippen molar-refractivity contribution in [2.75, 3.05) is 0 Å². The molecule has 3 rings (SSSR count). The molecular weight excluding hydrogens is 187 g/mol. The Balaban J connectivity index is 2.16. The molecule has 0 saturated heterocycles. The van der Waals surface area contributed by atoms with E-state index in [1.54, 1.807) is 0 Å². The Hall–Kier alpha value is -0.795. The Labute approximate surface area is 90.4 Å². The van der Waals surface area contributed by atoms with E-state index in [1.165, 1.54) is 23.1 Å². The van der Waals surface area contributed by atoms with E-state index in [0.29, 0.717) is 0 Å². The first-order valence-corrected chi connectivity index (χ1v) is 5.79. The molecule has 1 aliphatic carbocycles. The highest BCUT2D eigenvalue weighted by atomic mass is 16.5. The van der Waals surface area contributed by atoms with E-state index in [2.05, 4.69) is 19.1 Å². The number of benzene rings is 1. The van der Waals surface area contributed by atoms with Crippen molar-refractivity contribution in [2.45, 2.75) is 38.7 Å². The second kappa shape index (κ2) is 3.36. The monoisotopic (exact) mass is 202 g/mol. The number of hydrogen-bond acceptors (Lipinski definition) is 2. The van der Waals surface area contributed by atoms with Gasteiger partial charge in [-0.1, -0.05) is 19.1 Å². The number of hydrogen-bond donors (Lipinski definition) is 1. The van der Waals surface area contributed by atoms with E-state index < -0.39 is 7.12 Å². The molecule has 0 unspecified atom stereocenters. The summed E-state index contributed by atoms with van der Waals surface area (Å²) in [6.07, 6.45) is 4.51. The van der Waals surface area contributed by atoms with Gasteiger partial charge in [0.05, 0.1) is 6.10 Å². The summed E-state index contributed by atoms with van der Waals surface area (Å²) in [5.41, 5.74) is 5.06. The molecule has 3 heteroatoms. The predicted molar refractivity (Wildman–Crippen MR) is 60.2 cm³/mol. The van der Waals surface area contributed by atoms with E-state index in [1.807, 2.05) is 0 Å². The molecule has 1 N–H and O–H groups in total. The van der Waals surface area contributed by atoms with Crippen molar-refractivity contribution >= 4 is 12.6 Å². The molecule has 1 aromatic rings. The fourth-order valence-corrected chi connectivity index (χ4v) is 2.90. The van der Waals surface area contributed by atoms with Gasteiger partial charge in [-0.3, -0.25) is 0 Å². The van der Waals surface area contributed by atoms with E-state index in [-0.39, 0.29) is 6.10 Å². The first-order valence-electron chi connectivity index (χ1n) is 5.79. The van der Waals surface area contributed by atoms with Gasteiger partial charge in [-0.25, -0.2) is 0 Å². The van der Waals surface area contributed by atoms with Crippen LogP contribution in [0.1, 0.15) is 42.6 Å². The molecule has 1 heterocycles. The van der Waals surface area contributed by atoms with E-state index in [0.717, 1.165) is 24.7 Å². The summed E-state index contributed by atoms with van der Waals surface area (Å²) in [7, 11) is -0.682. The quantitative estimate of drug-likeness (QED) is 0.696. The lowest BCUT2D eigenvalue weighted by atomic mass is 9.75. The average Bonchev–Trinajstić information content (AvgIpc) is 2.81. The first kappa shape index (κ1) is 9.43. The minimum absolute atomic E-state index is 0.0981. The normalized spacial score (nSPS) is 23.1. The first-order chi connectivity index (χ1) is 7.31. The average molecular weight is 202 g/mol. The maximum Gasteiger partial charge on any atom is 0.492 e. The SMILES string of the molecule is CC[C@@H]1OB(O)c2c1ccc1c2CCC1. The highest BCUT2D eigenvalue weighted by Crippen LogP contribution is 2.31. The fraction of sp³-hybridized carbons (Fsp3) is 0.500. The molecule has 0 fully saturated rings. The molecule has 2 nitrogen and oxygen atoms in total. The Morgan fingerprint density at radius 3 is 3.13 bits per heavy atom. The van der Waals surface area contributed by atoms with Gasteiger partial charge >= 0.3 is 7.12 Å². The van der Waals surface area contributed by atoms with Crippen LogP contribution >= 0.6 is 0 Å². The maximum absolute atomic E-state index is 9.92. The van der Waals surface area contributed by atoms with Crippen molar-refractivity contribution in [1.29, 1.82) is 0 Å². The van der Waals surface area contributed by atoms with Crippen LogP contribution < -0.4 is 5.46 Å². The summed E-state index contributed by atoms with van der Waals surface area (Å²) in [4.78, 5) is 0. The maximum atomic E-state index is 9.92. The van der Waals surface area contributed by atoms with Gasteiger partial charge in [0.1, 0.15) is 0 Å². The van der Waals surface area contributed by atoms with Gasteiger partial charge in [0.25, 0.3) is 0 Å². The molecule has 0 saturated carbocycles. The Morgan fingerprint density at radius 2 is 2.33 bits per heavy atom. The topological polar surface area (TPSA) is 29.5 Å². The minimum Gasteiger partial charge on any atom is -0.423 e. The lowest BCUT2D eigenvalue weighted by Gasteiger charge is -2.09. The van der Waals surface area contributed by atoms with E-state index in [9.17, 15) is 5.02 Å². The Bertz CT molecular complexity index is 403. The van der Waals surface area contributed by atoms with Crippen molar-refractivity contribution in [3.05, 3.63) is 28.8 Å². The predicted octanol–water partition coefficient (Wildman–Crippen LogP) is 1.34. The zero-order valence-corrected chi connectivity index (χ0v) is 8.99. The zero-order chi connectivity index (χ0) is 10.4. The van der Waals surface area contributed by atoms with Crippen molar-refractivity contribution < 1.29 is 9.68 Å². The van der Waals surface area contributed by atoms with E-state index in [4.69, 9.17) is 4.65 Å². The molecule has 0 spiro atoms. The third kappa shape index (κ3) is 1.26. The largest absolute Gasteiger partial charge is 0.492 e. The molecule has 1 aromatic carbocycles. The molecular formula is C12H15BO2. The van der Waals surface area contributed by atoms with Crippen molar-refractivity contribution in [3.63, 3.8) is 0 Å². The molecule has 0 bridgehead atoms. The van der Waals surface area contributed by atoms with Crippen LogP contribution in [0.5, 0.6) is 0 Å². The molecule has 0 aromatic heterocycles. The number of rotatable bonds is 1. The summed E-state index contributed by atoms with van der Waals surface area (Å²) in [5.74, 6) is 0. The number of fused-ring (bicyclic) bond motifs is 3. The van der Waals surface area contributed by atoms with Crippen molar-refractivity contribution in [2.24, 2.45) is 0 Å². The highest BCUT2D eigenvalue weighted by molar-refractivity contribution is 6.62.